The zero-order valence-corrected chi connectivity index (χ0v) is 11.2. The predicted octanol–water partition coefficient (Wildman–Crippen LogP) is 2.30. The van der Waals surface area contributed by atoms with Gasteiger partial charge in [-0.25, -0.2) is 4.79 Å². The van der Waals surface area contributed by atoms with E-state index in [4.69, 9.17) is 4.74 Å². The molecule has 5 nitrogen and oxygen atoms in total. The van der Waals surface area contributed by atoms with Crippen molar-refractivity contribution >= 4 is 12.1 Å². The Balaban J connectivity index is 1.96. The van der Waals surface area contributed by atoms with E-state index in [0.29, 0.717) is 12.8 Å². The fourth-order valence-corrected chi connectivity index (χ4v) is 3.29. The number of rotatable bonds is 2. The van der Waals surface area contributed by atoms with E-state index in [2.05, 4.69) is 5.32 Å². The molecular formula is C13H21NO4. The highest BCUT2D eigenvalue weighted by Crippen LogP contribution is 2.58. The Kier molecular flexibility index (Phi) is 2.83. The maximum atomic E-state index is 11.8. The minimum Gasteiger partial charge on any atom is -0.481 e. The number of alkyl carbamates (subject to hydrolysis) is 1. The van der Waals surface area contributed by atoms with Gasteiger partial charge < -0.3 is 15.2 Å². The van der Waals surface area contributed by atoms with E-state index < -0.39 is 23.1 Å². The summed E-state index contributed by atoms with van der Waals surface area (Å²) < 4.78 is 5.23. The number of carboxylic acids is 1. The number of hydrogen-bond donors (Lipinski definition) is 2. The van der Waals surface area contributed by atoms with Crippen LogP contribution in [0.4, 0.5) is 4.79 Å². The van der Waals surface area contributed by atoms with Gasteiger partial charge in [-0.2, -0.15) is 0 Å². The molecule has 3 aliphatic rings. The van der Waals surface area contributed by atoms with Crippen LogP contribution in [0.15, 0.2) is 0 Å². The van der Waals surface area contributed by atoms with Gasteiger partial charge >= 0.3 is 12.1 Å². The molecule has 0 heterocycles. The van der Waals surface area contributed by atoms with Gasteiger partial charge in [0, 0.05) is 5.54 Å². The molecule has 2 bridgehead atoms. The van der Waals surface area contributed by atoms with Crippen LogP contribution < -0.4 is 5.32 Å². The molecule has 5 heteroatoms. The second kappa shape index (κ2) is 3.87. The smallest absolute Gasteiger partial charge is 0.408 e. The third-order valence-corrected chi connectivity index (χ3v) is 3.88. The zero-order chi connectivity index (χ0) is 13.6. The molecule has 0 aromatic carbocycles. The highest BCUT2D eigenvalue weighted by atomic mass is 16.6. The molecule has 0 atom stereocenters. The molecule has 0 radical (unpaired) electrons. The Morgan fingerprint density at radius 1 is 1.22 bits per heavy atom. The van der Waals surface area contributed by atoms with Crippen LogP contribution in [0.25, 0.3) is 0 Å². The van der Waals surface area contributed by atoms with E-state index in [9.17, 15) is 14.7 Å². The first-order chi connectivity index (χ1) is 8.17. The van der Waals surface area contributed by atoms with Gasteiger partial charge in [0.1, 0.15) is 5.60 Å². The van der Waals surface area contributed by atoms with Gasteiger partial charge in [-0.05, 0) is 52.9 Å². The number of carboxylic acid groups (broad SMARTS) is 1. The van der Waals surface area contributed by atoms with E-state index in [-0.39, 0.29) is 5.54 Å². The summed E-state index contributed by atoms with van der Waals surface area (Å²) in [4.78, 5) is 23.0. The van der Waals surface area contributed by atoms with Crippen LogP contribution in [0.2, 0.25) is 0 Å². The number of carbonyl (C=O) groups excluding carboxylic acids is 1. The van der Waals surface area contributed by atoms with Crippen molar-refractivity contribution in [1.82, 2.24) is 5.32 Å². The molecule has 0 aliphatic heterocycles. The molecule has 0 aromatic rings. The first kappa shape index (κ1) is 13.2. The van der Waals surface area contributed by atoms with Gasteiger partial charge in [0.15, 0.2) is 0 Å². The summed E-state index contributed by atoms with van der Waals surface area (Å²) in [6, 6.07) is 0. The monoisotopic (exact) mass is 255 g/mol. The van der Waals surface area contributed by atoms with E-state index in [1.165, 1.54) is 0 Å². The maximum Gasteiger partial charge on any atom is 0.408 e. The molecule has 102 valence electrons. The first-order valence-electron chi connectivity index (χ1n) is 6.41. The van der Waals surface area contributed by atoms with Crippen molar-refractivity contribution in [1.29, 1.82) is 0 Å². The lowest BCUT2D eigenvalue weighted by molar-refractivity contribution is -0.167. The van der Waals surface area contributed by atoms with Crippen molar-refractivity contribution in [3.05, 3.63) is 0 Å². The van der Waals surface area contributed by atoms with Crippen LogP contribution >= 0.6 is 0 Å². The molecule has 0 spiro atoms. The van der Waals surface area contributed by atoms with Crippen LogP contribution in [0.3, 0.4) is 0 Å². The lowest BCUT2D eigenvalue weighted by Gasteiger charge is -2.58. The van der Waals surface area contributed by atoms with Crippen molar-refractivity contribution < 1.29 is 19.4 Å². The Bertz CT molecular complexity index is 377. The van der Waals surface area contributed by atoms with E-state index in [1.807, 2.05) is 20.8 Å². The van der Waals surface area contributed by atoms with Gasteiger partial charge in [-0.15, -0.1) is 0 Å². The standard InChI is InChI=1S/C13H21NO4/c1-11(2,3)18-10(17)14-13-6-4-5-12(7-13,8-13)9(15)16/h4-8H2,1-3H3,(H,14,17)(H,15,16). The number of fused-ring (bicyclic) bond motifs is 2. The lowest BCUT2D eigenvalue weighted by atomic mass is 9.50. The molecule has 0 unspecified atom stereocenters. The molecule has 0 aromatic heterocycles. The minimum atomic E-state index is -0.733. The summed E-state index contributed by atoms with van der Waals surface area (Å²) in [7, 11) is 0. The van der Waals surface area contributed by atoms with Gasteiger partial charge in [0.25, 0.3) is 0 Å². The summed E-state index contributed by atoms with van der Waals surface area (Å²) in [5, 5.41) is 12.1. The number of carbonyl (C=O) groups is 2. The van der Waals surface area contributed by atoms with Crippen molar-refractivity contribution in [2.75, 3.05) is 0 Å². The topological polar surface area (TPSA) is 75.6 Å². The lowest BCUT2D eigenvalue weighted by Crippen LogP contribution is -2.67. The third kappa shape index (κ3) is 2.31. The summed E-state index contributed by atoms with van der Waals surface area (Å²) in [5.74, 6) is -0.733. The Hall–Kier alpha value is -1.26. The molecule has 0 saturated heterocycles. The van der Waals surface area contributed by atoms with Gasteiger partial charge in [-0.1, -0.05) is 0 Å². The average molecular weight is 255 g/mol. The predicted molar refractivity (Wildman–Crippen MR) is 65.3 cm³/mol. The SMILES string of the molecule is CC(C)(C)OC(=O)NC12CCCC(C(=O)O)(C1)C2. The fourth-order valence-electron chi connectivity index (χ4n) is 3.29. The van der Waals surface area contributed by atoms with E-state index in [0.717, 1.165) is 19.3 Å². The number of hydrogen-bond acceptors (Lipinski definition) is 3. The van der Waals surface area contributed by atoms with Crippen molar-refractivity contribution in [3.63, 3.8) is 0 Å². The van der Waals surface area contributed by atoms with Crippen molar-refractivity contribution in [2.24, 2.45) is 5.41 Å². The normalized spacial score (nSPS) is 34.4. The molecule has 3 saturated carbocycles. The molecule has 18 heavy (non-hydrogen) atoms. The van der Waals surface area contributed by atoms with Crippen LogP contribution in [0.5, 0.6) is 0 Å². The Labute approximate surface area is 107 Å². The number of nitrogens with one attached hydrogen (secondary N) is 1. The summed E-state index contributed by atoms with van der Waals surface area (Å²) in [6.45, 7) is 5.44. The quantitative estimate of drug-likeness (QED) is 0.793. The molecule has 3 aliphatic carbocycles. The second-order valence-corrected chi connectivity index (χ2v) is 6.70. The highest BCUT2D eigenvalue weighted by Gasteiger charge is 2.62. The van der Waals surface area contributed by atoms with E-state index >= 15 is 0 Å². The molecule has 3 rings (SSSR count). The zero-order valence-electron chi connectivity index (χ0n) is 11.2. The second-order valence-electron chi connectivity index (χ2n) is 6.70. The third-order valence-electron chi connectivity index (χ3n) is 3.88. The van der Waals surface area contributed by atoms with Gasteiger partial charge in [-0.3, -0.25) is 4.79 Å². The Morgan fingerprint density at radius 3 is 2.33 bits per heavy atom. The van der Waals surface area contributed by atoms with Crippen LogP contribution in [-0.4, -0.2) is 28.3 Å². The first-order valence-corrected chi connectivity index (χ1v) is 6.41. The molecule has 1 amide bonds. The summed E-state index contributed by atoms with van der Waals surface area (Å²) in [5.41, 5.74) is -1.48. The highest BCUT2D eigenvalue weighted by molar-refractivity contribution is 5.78. The maximum absolute atomic E-state index is 11.8. The van der Waals surface area contributed by atoms with Gasteiger partial charge in [0.05, 0.1) is 5.41 Å². The number of amides is 1. The summed E-state index contributed by atoms with van der Waals surface area (Å²) >= 11 is 0. The summed E-state index contributed by atoms with van der Waals surface area (Å²) in [6.07, 6.45) is 3.05. The Morgan fingerprint density at radius 2 is 1.83 bits per heavy atom. The number of aliphatic carboxylic acids is 1. The van der Waals surface area contributed by atoms with Crippen LogP contribution in [-0.2, 0) is 9.53 Å². The molecular weight excluding hydrogens is 234 g/mol. The van der Waals surface area contributed by atoms with Gasteiger partial charge in [0.2, 0.25) is 0 Å². The van der Waals surface area contributed by atoms with Crippen LogP contribution in [0, 0.1) is 5.41 Å². The largest absolute Gasteiger partial charge is 0.481 e. The van der Waals surface area contributed by atoms with Crippen molar-refractivity contribution in [2.45, 2.75) is 64.0 Å². The fraction of sp³-hybridized carbons (Fsp3) is 0.846. The average Bonchev–Trinajstić information content (AvgIpc) is 2.12. The minimum absolute atomic E-state index is 0.348. The van der Waals surface area contributed by atoms with Crippen molar-refractivity contribution in [3.8, 4) is 0 Å². The molecule has 2 N–H and O–H groups in total. The number of ether oxygens (including phenoxy) is 1. The molecule has 3 fully saturated rings. The van der Waals surface area contributed by atoms with E-state index in [1.54, 1.807) is 0 Å². The van der Waals surface area contributed by atoms with Crippen LogP contribution in [0.1, 0.15) is 52.9 Å².